The Morgan fingerprint density at radius 3 is 2.25 bits per heavy atom. The van der Waals surface area contributed by atoms with Crippen LogP contribution in [0.3, 0.4) is 0 Å². The van der Waals surface area contributed by atoms with E-state index in [-0.39, 0.29) is 5.41 Å². The maximum Gasteiger partial charge on any atom is 0.137 e. The van der Waals surface area contributed by atoms with Gasteiger partial charge in [0.05, 0.1) is 29.1 Å². The molecule has 0 fully saturated rings. The van der Waals surface area contributed by atoms with Crippen molar-refractivity contribution in [2.75, 3.05) is 23.5 Å². The van der Waals surface area contributed by atoms with E-state index >= 15 is 0 Å². The van der Waals surface area contributed by atoms with Crippen molar-refractivity contribution in [3.63, 3.8) is 0 Å². The summed E-state index contributed by atoms with van der Waals surface area (Å²) in [6, 6.07) is 37.3. The van der Waals surface area contributed by atoms with Crippen LogP contribution in [0, 0.1) is 0 Å². The zero-order valence-electron chi connectivity index (χ0n) is 23.3. The Kier molecular flexibility index (Phi) is 5.86. The first-order chi connectivity index (χ1) is 19.4. The van der Waals surface area contributed by atoms with Crippen LogP contribution in [-0.2, 0) is 5.41 Å². The van der Waals surface area contributed by atoms with Crippen molar-refractivity contribution in [1.29, 1.82) is 0 Å². The number of pyridine rings is 1. The summed E-state index contributed by atoms with van der Waals surface area (Å²) in [4.78, 5) is 11.9. The largest absolute Gasteiger partial charge is 0.355 e. The Balaban J connectivity index is 1.33. The first kappa shape index (κ1) is 24.8. The summed E-state index contributed by atoms with van der Waals surface area (Å²) in [6.45, 7) is 7.73. The number of rotatable bonds is 4. The van der Waals surface area contributed by atoms with Gasteiger partial charge in [-0.25, -0.2) is 4.98 Å². The molecule has 5 heteroatoms. The third-order valence-corrected chi connectivity index (χ3v) is 8.73. The molecule has 4 nitrogen and oxygen atoms in total. The van der Waals surface area contributed by atoms with Gasteiger partial charge in [0, 0.05) is 39.5 Å². The third-order valence-electron chi connectivity index (χ3n) is 7.76. The Hall–Kier alpha value is -4.22. The molecule has 0 saturated heterocycles. The lowest BCUT2D eigenvalue weighted by Crippen LogP contribution is -2.24. The molecule has 0 spiro atoms. The molecule has 0 bridgehead atoms. The van der Waals surface area contributed by atoms with Crippen molar-refractivity contribution in [2.24, 2.45) is 0 Å². The molecule has 7 rings (SSSR count). The molecule has 198 valence electrons. The predicted molar refractivity (Wildman–Crippen MR) is 170 cm³/mol. The predicted octanol–water partition coefficient (Wildman–Crippen LogP) is 9.17. The summed E-state index contributed by atoms with van der Waals surface area (Å²) in [6.07, 6.45) is 1.86. The van der Waals surface area contributed by atoms with Crippen LogP contribution in [0.2, 0.25) is 0 Å². The van der Waals surface area contributed by atoms with Crippen LogP contribution >= 0.6 is 11.8 Å². The van der Waals surface area contributed by atoms with E-state index in [4.69, 9.17) is 0 Å². The van der Waals surface area contributed by atoms with Gasteiger partial charge in [-0.3, -0.25) is 4.57 Å². The molecular weight excluding hydrogens is 508 g/mol. The van der Waals surface area contributed by atoms with Crippen LogP contribution in [0.25, 0.3) is 27.6 Å². The monoisotopic (exact) mass is 540 g/mol. The zero-order valence-corrected chi connectivity index (χ0v) is 24.1. The first-order valence-corrected chi connectivity index (χ1v) is 14.5. The molecule has 6 aromatic rings. The van der Waals surface area contributed by atoms with Gasteiger partial charge < -0.3 is 9.80 Å². The Bertz CT molecular complexity index is 1870. The molecule has 0 radical (unpaired) electrons. The highest BCUT2D eigenvalue weighted by Crippen LogP contribution is 2.43. The van der Waals surface area contributed by atoms with E-state index in [0.717, 1.165) is 12.5 Å². The molecule has 1 aliphatic heterocycles. The quantitative estimate of drug-likeness (QED) is 0.222. The topological polar surface area (TPSA) is 24.3 Å². The lowest BCUT2D eigenvalue weighted by Gasteiger charge is -2.25. The number of anilines is 3. The van der Waals surface area contributed by atoms with Crippen LogP contribution in [0.15, 0.2) is 119 Å². The van der Waals surface area contributed by atoms with E-state index in [1.807, 2.05) is 30.1 Å². The fraction of sp³-hybridized carbons (Fsp3) is 0.171. The van der Waals surface area contributed by atoms with E-state index in [2.05, 4.69) is 138 Å². The summed E-state index contributed by atoms with van der Waals surface area (Å²) in [5, 5.41) is 2.49. The lowest BCUT2D eigenvalue weighted by atomic mass is 9.87. The highest BCUT2D eigenvalue weighted by molar-refractivity contribution is 7.99. The van der Waals surface area contributed by atoms with Crippen LogP contribution in [0.4, 0.5) is 17.1 Å². The minimum Gasteiger partial charge on any atom is -0.355 e. The van der Waals surface area contributed by atoms with Crippen LogP contribution in [0.1, 0.15) is 26.3 Å². The Morgan fingerprint density at radius 1 is 0.700 bits per heavy atom. The standard InChI is InChI=1S/C35H32N4S/c1-35(2,3)24-19-25(38-23-37(4)32-13-7-8-14-33(32)38)21-27(20-24)40-26-16-17-31-29(22-26)28-11-5-6-12-30(28)39(31)34-15-9-10-18-36-34/h5-22H,23H2,1-4H3. The maximum atomic E-state index is 4.66. The first-order valence-electron chi connectivity index (χ1n) is 13.7. The summed E-state index contributed by atoms with van der Waals surface area (Å²) in [7, 11) is 2.17. The summed E-state index contributed by atoms with van der Waals surface area (Å²) < 4.78 is 2.26. The van der Waals surface area contributed by atoms with Gasteiger partial charge in [0.1, 0.15) is 5.82 Å². The van der Waals surface area contributed by atoms with Crippen molar-refractivity contribution in [2.45, 2.75) is 36.0 Å². The second kappa shape index (κ2) is 9.46. The molecule has 2 aromatic heterocycles. The molecule has 0 aliphatic carbocycles. The molecular formula is C35H32N4S. The summed E-state index contributed by atoms with van der Waals surface area (Å²) >= 11 is 1.84. The average molecular weight is 541 g/mol. The van der Waals surface area contributed by atoms with Crippen LogP contribution in [0.5, 0.6) is 0 Å². The Morgan fingerprint density at radius 2 is 1.45 bits per heavy atom. The molecule has 40 heavy (non-hydrogen) atoms. The minimum absolute atomic E-state index is 0.0382. The molecule has 0 saturated carbocycles. The average Bonchev–Trinajstić information content (AvgIpc) is 3.48. The molecule has 3 heterocycles. The van der Waals surface area contributed by atoms with Gasteiger partial charge >= 0.3 is 0 Å². The lowest BCUT2D eigenvalue weighted by molar-refractivity contribution is 0.588. The third kappa shape index (κ3) is 4.22. The summed E-state index contributed by atoms with van der Waals surface area (Å²) in [5.41, 5.74) is 7.49. The molecule has 0 amide bonds. The van der Waals surface area contributed by atoms with Gasteiger partial charge in [0.15, 0.2) is 0 Å². The molecule has 4 aromatic carbocycles. The highest BCUT2D eigenvalue weighted by Gasteiger charge is 2.26. The fourth-order valence-corrected chi connectivity index (χ4v) is 6.67. The second-order valence-electron chi connectivity index (χ2n) is 11.5. The van der Waals surface area contributed by atoms with Gasteiger partial charge in [0.25, 0.3) is 0 Å². The number of hydrogen-bond donors (Lipinski definition) is 0. The van der Waals surface area contributed by atoms with Crippen molar-refractivity contribution in [3.8, 4) is 5.82 Å². The van der Waals surface area contributed by atoms with Gasteiger partial charge in [-0.15, -0.1) is 0 Å². The zero-order chi connectivity index (χ0) is 27.4. The van der Waals surface area contributed by atoms with E-state index < -0.39 is 0 Å². The van der Waals surface area contributed by atoms with Gasteiger partial charge in [0.2, 0.25) is 0 Å². The number of nitrogens with zero attached hydrogens (tertiary/aromatic N) is 4. The number of aromatic nitrogens is 2. The van der Waals surface area contributed by atoms with Crippen LogP contribution in [-0.4, -0.2) is 23.3 Å². The van der Waals surface area contributed by atoms with E-state index in [1.54, 1.807) is 0 Å². The normalized spacial score (nSPS) is 13.4. The minimum atomic E-state index is 0.0382. The number of para-hydroxylation sites is 3. The van der Waals surface area contributed by atoms with E-state index in [0.29, 0.717) is 0 Å². The molecule has 0 unspecified atom stereocenters. The van der Waals surface area contributed by atoms with Crippen molar-refractivity contribution in [1.82, 2.24) is 9.55 Å². The van der Waals surface area contributed by atoms with Gasteiger partial charge in [-0.05, 0) is 77.7 Å². The van der Waals surface area contributed by atoms with E-state index in [1.165, 1.54) is 54.2 Å². The van der Waals surface area contributed by atoms with Gasteiger partial charge in [-0.1, -0.05) is 68.9 Å². The highest BCUT2D eigenvalue weighted by atomic mass is 32.2. The van der Waals surface area contributed by atoms with Crippen LogP contribution < -0.4 is 9.80 Å². The number of benzene rings is 4. The SMILES string of the molecule is CN1CN(c2cc(Sc3ccc4c(c3)c3ccccc3n4-c3ccccn3)cc(C(C)(C)C)c2)c2ccccc21. The molecule has 0 atom stereocenters. The van der Waals surface area contributed by atoms with E-state index in [9.17, 15) is 0 Å². The number of fused-ring (bicyclic) bond motifs is 4. The smallest absolute Gasteiger partial charge is 0.137 e. The van der Waals surface area contributed by atoms with Crippen molar-refractivity contribution in [3.05, 3.63) is 115 Å². The molecule has 1 aliphatic rings. The number of hydrogen-bond acceptors (Lipinski definition) is 4. The van der Waals surface area contributed by atoms with Gasteiger partial charge in [-0.2, -0.15) is 0 Å². The molecule has 0 N–H and O–H groups in total. The summed E-state index contributed by atoms with van der Waals surface area (Å²) in [5.74, 6) is 0.937. The Labute approximate surface area is 239 Å². The maximum absolute atomic E-state index is 4.66. The van der Waals surface area contributed by atoms with Crippen molar-refractivity contribution < 1.29 is 0 Å². The second-order valence-corrected chi connectivity index (χ2v) is 12.7. The fourth-order valence-electron chi connectivity index (χ4n) is 5.72. The van der Waals surface area contributed by atoms with Crippen molar-refractivity contribution >= 4 is 50.6 Å².